The molecule has 12 heteroatoms. The largest absolute Gasteiger partial charge is 0.497 e. The molecule has 208 valence electrons. The average molecular weight is 574 g/mol. The number of amides is 1. The maximum absolute atomic E-state index is 13.7. The highest BCUT2D eigenvalue weighted by atomic mass is 32.2. The molecule has 1 amide bonds. The van der Waals surface area contributed by atoms with E-state index in [2.05, 4.69) is 5.32 Å². The molecule has 1 saturated heterocycles. The van der Waals surface area contributed by atoms with Crippen molar-refractivity contribution in [3.8, 4) is 11.5 Å². The normalized spacial score (nSPS) is 14.1. The van der Waals surface area contributed by atoms with Gasteiger partial charge in [-0.1, -0.05) is 17.7 Å². The van der Waals surface area contributed by atoms with Gasteiger partial charge in [0.25, 0.3) is 10.0 Å². The fraction of sp³-hybridized carbons (Fsp3) is 0.296. The van der Waals surface area contributed by atoms with Crippen molar-refractivity contribution in [1.29, 1.82) is 0 Å². The van der Waals surface area contributed by atoms with Crippen molar-refractivity contribution < 1.29 is 31.1 Å². The second-order valence-corrected chi connectivity index (χ2v) is 12.8. The molecule has 1 N–H and O–H groups in total. The molecule has 0 radical (unpaired) electrons. The lowest BCUT2D eigenvalue weighted by atomic mass is 10.2. The summed E-state index contributed by atoms with van der Waals surface area (Å²) in [5.74, 6) is 0.0322. The van der Waals surface area contributed by atoms with Crippen LogP contribution in [-0.2, 0) is 24.8 Å². The Morgan fingerprint density at radius 1 is 0.872 bits per heavy atom. The fourth-order valence-electron chi connectivity index (χ4n) is 4.25. The van der Waals surface area contributed by atoms with Crippen LogP contribution < -0.4 is 19.1 Å². The number of carbonyl (C=O) groups excluding carboxylic acids is 1. The number of hydrogen-bond donors (Lipinski definition) is 1. The Kier molecular flexibility index (Phi) is 8.48. The first-order chi connectivity index (χ1) is 18.6. The molecule has 39 heavy (non-hydrogen) atoms. The molecule has 3 aromatic carbocycles. The molecule has 4 rings (SSSR count). The number of sulfonamides is 2. The van der Waals surface area contributed by atoms with Crippen molar-refractivity contribution in [1.82, 2.24) is 4.31 Å². The van der Waals surface area contributed by atoms with Crippen molar-refractivity contribution in [3.63, 3.8) is 0 Å². The van der Waals surface area contributed by atoms with Crippen molar-refractivity contribution >= 4 is 37.3 Å². The zero-order valence-electron chi connectivity index (χ0n) is 22.0. The van der Waals surface area contributed by atoms with Crippen molar-refractivity contribution in [2.45, 2.75) is 29.6 Å². The number of hydrogen-bond acceptors (Lipinski definition) is 7. The number of carbonyl (C=O) groups is 1. The lowest BCUT2D eigenvalue weighted by Gasteiger charge is -2.26. The SMILES string of the molecule is COc1ccc(N(CC(=O)Nc2ccc(S(=O)(=O)N3CCCC3)cc2)S(=O)(=O)c2ccc(C)cc2)c(OC)c1. The Morgan fingerprint density at radius 3 is 2.08 bits per heavy atom. The van der Waals surface area contributed by atoms with Crippen molar-refractivity contribution in [2.24, 2.45) is 0 Å². The Balaban J connectivity index is 1.61. The summed E-state index contributed by atoms with van der Waals surface area (Å²) in [7, 11) is -4.90. The van der Waals surface area contributed by atoms with Crippen molar-refractivity contribution in [3.05, 3.63) is 72.3 Å². The van der Waals surface area contributed by atoms with Crippen LogP contribution in [0.25, 0.3) is 0 Å². The number of methoxy groups -OCH3 is 2. The fourth-order valence-corrected chi connectivity index (χ4v) is 7.20. The van der Waals surface area contributed by atoms with Crippen LogP contribution in [0.15, 0.2) is 76.5 Å². The van der Waals surface area contributed by atoms with Crippen LogP contribution in [0.4, 0.5) is 11.4 Å². The van der Waals surface area contributed by atoms with Crippen LogP contribution in [0.3, 0.4) is 0 Å². The van der Waals surface area contributed by atoms with Gasteiger partial charge in [-0.05, 0) is 68.3 Å². The zero-order valence-corrected chi connectivity index (χ0v) is 23.6. The Hall–Kier alpha value is -3.61. The number of nitrogens with one attached hydrogen (secondary N) is 1. The first-order valence-electron chi connectivity index (χ1n) is 12.3. The van der Waals surface area contributed by atoms with Gasteiger partial charge in [0, 0.05) is 24.8 Å². The van der Waals surface area contributed by atoms with Gasteiger partial charge in [0.1, 0.15) is 18.0 Å². The monoisotopic (exact) mass is 573 g/mol. The molecular weight excluding hydrogens is 542 g/mol. The van der Waals surface area contributed by atoms with E-state index < -0.39 is 32.5 Å². The molecule has 1 aliphatic heterocycles. The highest BCUT2D eigenvalue weighted by Crippen LogP contribution is 2.35. The standard InChI is InChI=1S/C27H31N3O7S2/c1-20-6-11-24(12-7-20)39(34,35)30(25-15-10-22(36-2)18-26(25)37-3)19-27(31)28-21-8-13-23(14-9-21)38(32,33)29-16-4-5-17-29/h6-15,18H,4-5,16-17,19H2,1-3H3,(H,28,31). The van der Waals surface area contributed by atoms with Gasteiger partial charge in [-0.25, -0.2) is 16.8 Å². The highest BCUT2D eigenvalue weighted by Gasteiger charge is 2.30. The third-order valence-electron chi connectivity index (χ3n) is 6.39. The smallest absolute Gasteiger partial charge is 0.264 e. The molecule has 1 heterocycles. The van der Waals surface area contributed by atoms with E-state index in [0.717, 1.165) is 22.7 Å². The average Bonchev–Trinajstić information content (AvgIpc) is 3.48. The minimum Gasteiger partial charge on any atom is -0.497 e. The first kappa shape index (κ1) is 28.4. The molecule has 0 spiro atoms. The summed E-state index contributed by atoms with van der Waals surface area (Å²) in [4.78, 5) is 13.3. The maximum atomic E-state index is 13.7. The number of ether oxygens (including phenoxy) is 2. The van der Waals surface area contributed by atoms with Gasteiger partial charge in [0.2, 0.25) is 15.9 Å². The van der Waals surface area contributed by atoms with E-state index in [9.17, 15) is 21.6 Å². The minimum absolute atomic E-state index is 0.00948. The lowest BCUT2D eigenvalue weighted by molar-refractivity contribution is -0.114. The Labute approximate surface area is 229 Å². The van der Waals surface area contributed by atoms with Gasteiger partial charge < -0.3 is 14.8 Å². The van der Waals surface area contributed by atoms with Crippen molar-refractivity contribution in [2.75, 3.05) is 43.5 Å². The summed E-state index contributed by atoms with van der Waals surface area (Å²) in [5, 5.41) is 2.66. The van der Waals surface area contributed by atoms with E-state index in [1.165, 1.54) is 67.1 Å². The van der Waals surface area contributed by atoms with E-state index in [1.807, 2.05) is 6.92 Å². The number of anilines is 2. The number of nitrogens with zero attached hydrogens (tertiary/aromatic N) is 2. The molecule has 0 saturated carbocycles. The van der Waals surface area contributed by atoms with Gasteiger partial charge >= 0.3 is 0 Å². The molecule has 0 aromatic heterocycles. The van der Waals surface area contributed by atoms with Crippen LogP contribution in [0.2, 0.25) is 0 Å². The summed E-state index contributed by atoms with van der Waals surface area (Å²) in [6, 6.07) is 16.7. The molecule has 0 unspecified atom stereocenters. The van der Waals surface area contributed by atoms with Gasteiger partial charge in [-0.15, -0.1) is 0 Å². The third-order valence-corrected chi connectivity index (χ3v) is 10.1. The zero-order chi connectivity index (χ0) is 28.2. The Morgan fingerprint density at radius 2 is 1.49 bits per heavy atom. The molecule has 0 atom stereocenters. The number of aryl methyl sites for hydroxylation is 1. The highest BCUT2D eigenvalue weighted by molar-refractivity contribution is 7.93. The predicted octanol–water partition coefficient (Wildman–Crippen LogP) is 3.63. The van der Waals surface area contributed by atoms with Crippen LogP contribution in [0, 0.1) is 6.92 Å². The maximum Gasteiger partial charge on any atom is 0.264 e. The second kappa shape index (κ2) is 11.6. The van der Waals surface area contributed by atoms with Gasteiger partial charge in [0.05, 0.1) is 29.7 Å². The summed E-state index contributed by atoms with van der Waals surface area (Å²) in [6.45, 7) is 2.25. The molecular formula is C27H31N3O7S2. The second-order valence-electron chi connectivity index (χ2n) is 9.05. The summed E-state index contributed by atoms with van der Waals surface area (Å²) >= 11 is 0. The molecule has 1 fully saturated rings. The topological polar surface area (TPSA) is 122 Å². The van der Waals surface area contributed by atoms with E-state index in [-0.39, 0.29) is 21.2 Å². The molecule has 1 aliphatic rings. The summed E-state index contributed by atoms with van der Waals surface area (Å²) < 4.78 is 66.1. The number of rotatable bonds is 10. The quantitative estimate of drug-likeness (QED) is 0.393. The van der Waals surface area contributed by atoms with Crippen LogP contribution in [0.5, 0.6) is 11.5 Å². The third kappa shape index (κ3) is 6.18. The predicted molar refractivity (Wildman–Crippen MR) is 148 cm³/mol. The summed E-state index contributed by atoms with van der Waals surface area (Å²) in [5.41, 5.74) is 1.37. The van der Waals surface area contributed by atoms with Crippen LogP contribution in [0.1, 0.15) is 18.4 Å². The van der Waals surface area contributed by atoms with Crippen LogP contribution >= 0.6 is 0 Å². The van der Waals surface area contributed by atoms with Gasteiger partial charge in [0.15, 0.2) is 0 Å². The first-order valence-corrected chi connectivity index (χ1v) is 15.2. The van der Waals surface area contributed by atoms with E-state index in [0.29, 0.717) is 24.5 Å². The Bertz CT molecular complexity index is 1530. The van der Waals surface area contributed by atoms with E-state index >= 15 is 0 Å². The van der Waals surface area contributed by atoms with Gasteiger partial charge in [-0.3, -0.25) is 9.10 Å². The minimum atomic E-state index is -4.18. The molecule has 3 aromatic rings. The van der Waals surface area contributed by atoms with E-state index in [1.54, 1.807) is 18.2 Å². The molecule has 10 nitrogen and oxygen atoms in total. The molecule has 0 bridgehead atoms. The van der Waals surface area contributed by atoms with Gasteiger partial charge in [-0.2, -0.15) is 4.31 Å². The van der Waals surface area contributed by atoms with Crippen LogP contribution in [-0.4, -0.2) is 60.9 Å². The lowest BCUT2D eigenvalue weighted by Crippen LogP contribution is -2.38. The molecule has 0 aliphatic carbocycles. The van der Waals surface area contributed by atoms with E-state index in [4.69, 9.17) is 9.47 Å². The summed E-state index contributed by atoms with van der Waals surface area (Å²) in [6.07, 6.45) is 1.66. The number of benzene rings is 3.